The van der Waals surface area contributed by atoms with Crippen molar-refractivity contribution in [1.29, 1.82) is 0 Å². The molecule has 35 heavy (non-hydrogen) atoms. The van der Waals surface area contributed by atoms with Crippen LogP contribution < -0.4 is 16.0 Å². The number of likely N-dealkylation sites (N-methyl/N-ethyl adjacent to an activating group) is 1. The Balaban J connectivity index is 1.59. The molecule has 0 saturated carbocycles. The molecule has 1 fully saturated rings. The molecule has 0 aromatic carbocycles. The number of amides is 4. The number of nitrogens with one attached hydrogen (secondary N) is 1. The van der Waals surface area contributed by atoms with Crippen molar-refractivity contribution >= 4 is 29.6 Å². The van der Waals surface area contributed by atoms with E-state index < -0.39 is 29.8 Å². The second-order valence-corrected chi connectivity index (χ2v) is 8.20. The maximum Gasteiger partial charge on any atom is 0.325 e. The van der Waals surface area contributed by atoms with E-state index in [2.05, 4.69) is 25.3 Å². The van der Waals surface area contributed by atoms with Crippen LogP contribution in [0.3, 0.4) is 0 Å². The van der Waals surface area contributed by atoms with Crippen LogP contribution in [0.25, 0.3) is 0 Å². The summed E-state index contributed by atoms with van der Waals surface area (Å²) in [6, 6.07) is 6.59. The van der Waals surface area contributed by atoms with Crippen LogP contribution in [0.15, 0.2) is 61.3 Å². The van der Waals surface area contributed by atoms with Gasteiger partial charge in [-0.15, -0.1) is 0 Å². The third-order valence-electron chi connectivity index (χ3n) is 5.96. The van der Waals surface area contributed by atoms with Crippen molar-refractivity contribution in [3.8, 4) is 0 Å². The first-order valence-electron chi connectivity index (χ1n) is 11.2. The van der Waals surface area contributed by atoms with Gasteiger partial charge in [0.1, 0.15) is 11.9 Å². The molecule has 1 aliphatic heterocycles. The van der Waals surface area contributed by atoms with Crippen molar-refractivity contribution in [3.63, 3.8) is 0 Å². The molecule has 2 unspecified atom stereocenters. The number of rotatable bonds is 7. The van der Waals surface area contributed by atoms with Crippen molar-refractivity contribution in [3.05, 3.63) is 72.4 Å². The minimum Gasteiger partial charge on any atom is -0.384 e. The van der Waals surface area contributed by atoms with E-state index in [1.54, 1.807) is 42.9 Å². The molecule has 0 radical (unpaired) electrons. The molecule has 3 aromatic heterocycles. The number of anilines is 2. The second kappa shape index (κ2) is 10.2. The van der Waals surface area contributed by atoms with E-state index in [4.69, 9.17) is 5.73 Å². The molecule has 0 spiro atoms. The zero-order chi connectivity index (χ0) is 24.9. The number of nitrogens with zero attached hydrogens (tertiary/aromatic N) is 6. The van der Waals surface area contributed by atoms with Crippen molar-refractivity contribution in [2.45, 2.75) is 31.8 Å². The molecule has 1 saturated heterocycles. The topological polar surface area (TPSA) is 147 Å². The van der Waals surface area contributed by atoms with Crippen LogP contribution in [0.5, 0.6) is 0 Å². The Morgan fingerprint density at radius 3 is 2.57 bits per heavy atom. The summed E-state index contributed by atoms with van der Waals surface area (Å²) in [4.78, 5) is 58.4. The summed E-state index contributed by atoms with van der Waals surface area (Å²) < 4.78 is 0. The third kappa shape index (κ3) is 4.93. The zero-order valence-electron chi connectivity index (χ0n) is 19.4. The fourth-order valence-corrected chi connectivity index (χ4v) is 4.11. The number of carbonyl (C=O) groups excluding carboxylic acids is 3. The highest BCUT2D eigenvalue weighted by Gasteiger charge is 2.55. The van der Waals surface area contributed by atoms with E-state index in [1.807, 2.05) is 13.0 Å². The average Bonchev–Trinajstić information content (AvgIpc) is 2.89. The lowest BCUT2D eigenvalue weighted by atomic mass is 9.81. The first-order valence-corrected chi connectivity index (χ1v) is 11.2. The van der Waals surface area contributed by atoms with Crippen LogP contribution in [-0.2, 0) is 16.0 Å². The van der Waals surface area contributed by atoms with Gasteiger partial charge in [0, 0.05) is 38.0 Å². The van der Waals surface area contributed by atoms with Crippen LogP contribution in [0.1, 0.15) is 30.5 Å². The SMILES string of the molecule is CCC(NC(=O)N1C(=O)[C@H](Cc2ccnc(N)c2)C1C(=O)N(C)c1ncccn1)c1cccnc1. The Morgan fingerprint density at radius 1 is 1.14 bits per heavy atom. The molecule has 3 atom stereocenters. The molecular formula is C24H26N8O3. The average molecular weight is 475 g/mol. The molecular weight excluding hydrogens is 448 g/mol. The van der Waals surface area contributed by atoms with E-state index in [-0.39, 0.29) is 18.4 Å². The predicted molar refractivity (Wildman–Crippen MR) is 128 cm³/mol. The molecule has 3 aromatic rings. The summed E-state index contributed by atoms with van der Waals surface area (Å²) in [6.45, 7) is 1.91. The number of nitrogens with two attached hydrogens (primary N) is 1. The highest BCUT2D eigenvalue weighted by molar-refractivity contribution is 6.12. The lowest BCUT2D eigenvalue weighted by Crippen LogP contribution is -2.70. The number of urea groups is 1. The van der Waals surface area contributed by atoms with Gasteiger partial charge < -0.3 is 11.1 Å². The molecule has 4 rings (SSSR count). The smallest absolute Gasteiger partial charge is 0.325 e. The highest BCUT2D eigenvalue weighted by atomic mass is 16.2. The Bertz CT molecular complexity index is 1210. The molecule has 11 heteroatoms. The fourth-order valence-electron chi connectivity index (χ4n) is 4.11. The third-order valence-corrected chi connectivity index (χ3v) is 5.96. The van der Waals surface area contributed by atoms with E-state index >= 15 is 0 Å². The molecule has 11 nitrogen and oxygen atoms in total. The first kappa shape index (κ1) is 23.7. The lowest BCUT2D eigenvalue weighted by Gasteiger charge is -2.45. The van der Waals surface area contributed by atoms with Crippen molar-refractivity contribution < 1.29 is 14.4 Å². The number of β-lactam (4-membered cyclic amide) rings is 1. The Kier molecular flexibility index (Phi) is 6.95. The maximum absolute atomic E-state index is 13.5. The van der Waals surface area contributed by atoms with E-state index in [0.717, 1.165) is 16.0 Å². The highest BCUT2D eigenvalue weighted by Crippen LogP contribution is 2.33. The normalized spacial score (nSPS) is 17.9. The number of likely N-dealkylation sites (tertiary alicyclic amines) is 1. The molecule has 1 aliphatic rings. The van der Waals surface area contributed by atoms with E-state index in [9.17, 15) is 14.4 Å². The maximum atomic E-state index is 13.5. The molecule has 4 heterocycles. The molecule has 3 N–H and O–H groups in total. The van der Waals surface area contributed by atoms with Crippen molar-refractivity contribution in [1.82, 2.24) is 30.2 Å². The first-order chi connectivity index (χ1) is 16.9. The minimum atomic E-state index is -1.03. The van der Waals surface area contributed by atoms with Gasteiger partial charge in [-0.05, 0) is 48.2 Å². The van der Waals surface area contributed by atoms with Crippen LogP contribution in [-0.4, -0.2) is 55.8 Å². The Labute approximate surface area is 202 Å². The van der Waals surface area contributed by atoms with Crippen LogP contribution in [0, 0.1) is 5.92 Å². The van der Waals surface area contributed by atoms with Crippen molar-refractivity contribution in [2.75, 3.05) is 17.7 Å². The Morgan fingerprint density at radius 2 is 1.91 bits per heavy atom. The number of hydrogen-bond acceptors (Lipinski definition) is 8. The zero-order valence-corrected chi connectivity index (χ0v) is 19.4. The predicted octanol–water partition coefficient (Wildman–Crippen LogP) is 1.74. The number of imide groups is 1. The quantitative estimate of drug-likeness (QED) is 0.492. The van der Waals surface area contributed by atoms with Gasteiger partial charge in [0.2, 0.25) is 11.9 Å². The van der Waals surface area contributed by atoms with Crippen LogP contribution >= 0.6 is 0 Å². The summed E-state index contributed by atoms with van der Waals surface area (Å²) in [7, 11) is 1.52. The van der Waals surface area contributed by atoms with Gasteiger partial charge >= 0.3 is 6.03 Å². The number of carbonyl (C=O) groups is 3. The molecule has 0 aliphatic carbocycles. The van der Waals surface area contributed by atoms with Gasteiger partial charge in [-0.3, -0.25) is 24.4 Å². The van der Waals surface area contributed by atoms with Gasteiger partial charge in [0.25, 0.3) is 5.91 Å². The van der Waals surface area contributed by atoms with Gasteiger partial charge in [0.15, 0.2) is 0 Å². The van der Waals surface area contributed by atoms with Gasteiger partial charge in [0.05, 0.1) is 12.0 Å². The molecule has 180 valence electrons. The summed E-state index contributed by atoms with van der Waals surface area (Å²) in [6.07, 6.45) is 8.68. The minimum absolute atomic E-state index is 0.172. The Hall–Kier alpha value is -4.41. The fraction of sp³-hybridized carbons (Fsp3) is 0.292. The monoisotopic (exact) mass is 474 g/mol. The molecule has 0 bridgehead atoms. The van der Waals surface area contributed by atoms with Crippen LogP contribution in [0.4, 0.5) is 16.6 Å². The van der Waals surface area contributed by atoms with Gasteiger partial charge in [-0.2, -0.15) is 0 Å². The standard InChI is InChI=1S/C24H26N8O3/c1-3-18(16-6-4-8-26-14-16)30-24(35)32-20(22(34)31(2)23-28-9-5-10-29-23)17(21(32)33)12-15-7-11-27-19(25)13-15/h4-11,13-14,17-18,20H,3,12H2,1-2H3,(H2,25,27)(H,30,35)/t17-,18?,20?/m1/s1. The van der Waals surface area contributed by atoms with Crippen LogP contribution in [0.2, 0.25) is 0 Å². The van der Waals surface area contributed by atoms with E-state index in [1.165, 1.54) is 24.3 Å². The van der Waals surface area contributed by atoms with E-state index in [0.29, 0.717) is 12.2 Å². The van der Waals surface area contributed by atoms with Gasteiger partial charge in [-0.1, -0.05) is 13.0 Å². The molecule has 4 amide bonds. The number of pyridine rings is 2. The second-order valence-electron chi connectivity index (χ2n) is 8.20. The summed E-state index contributed by atoms with van der Waals surface area (Å²) in [5, 5.41) is 2.87. The summed E-state index contributed by atoms with van der Waals surface area (Å²) in [5.74, 6) is -1.18. The van der Waals surface area contributed by atoms with Crippen molar-refractivity contribution in [2.24, 2.45) is 5.92 Å². The lowest BCUT2D eigenvalue weighted by molar-refractivity contribution is -0.156. The number of nitrogen functional groups attached to an aromatic ring is 1. The number of hydrogen-bond donors (Lipinski definition) is 2. The number of aromatic nitrogens is 4. The van der Waals surface area contributed by atoms with Gasteiger partial charge in [-0.25, -0.2) is 19.7 Å². The summed E-state index contributed by atoms with van der Waals surface area (Å²) in [5.41, 5.74) is 7.33. The largest absolute Gasteiger partial charge is 0.384 e. The summed E-state index contributed by atoms with van der Waals surface area (Å²) >= 11 is 0.